The molecule has 1 aliphatic heterocycles. The van der Waals surface area contributed by atoms with Gasteiger partial charge in [-0.15, -0.1) is 0 Å². The van der Waals surface area contributed by atoms with Gasteiger partial charge in [0.15, 0.2) is 0 Å². The van der Waals surface area contributed by atoms with Crippen LogP contribution in [-0.2, 0) is 9.53 Å². The van der Waals surface area contributed by atoms with E-state index in [0.717, 1.165) is 24.8 Å². The summed E-state index contributed by atoms with van der Waals surface area (Å²) in [5.74, 6) is 0. The van der Waals surface area contributed by atoms with E-state index in [4.69, 9.17) is 0 Å². The van der Waals surface area contributed by atoms with Gasteiger partial charge in [0.2, 0.25) is 0 Å². The molecule has 30 heavy (non-hydrogen) atoms. The third-order valence-corrected chi connectivity index (χ3v) is 3.18. The number of hydrogen-bond acceptors (Lipinski definition) is 3. The molecule has 0 aliphatic carbocycles. The van der Waals surface area contributed by atoms with Crippen LogP contribution in [0, 0.1) is 0 Å². The summed E-state index contributed by atoms with van der Waals surface area (Å²) in [5.41, 5.74) is 2.65. The highest BCUT2D eigenvalue weighted by atomic mass is 16.4. The van der Waals surface area contributed by atoms with Crippen molar-refractivity contribution < 1.29 is 9.53 Å². The molecule has 0 unspecified atom stereocenters. The van der Waals surface area contributed by atoms with Gasteiger partial charge in [0, 0.05) is 27.3 Å². The van der Waals surface area contributed by atoms with Gasteiger partial charge < -0.3 is 4.74 Å². The van der Waals surface area contributed by atoms with Crippen LogP contribution >= 0.6 is 0 Å². The highest BCUT2D eigenvalue weighted by molar-refractivity contribution is 5.66. The first kappa shape index (κ1) is 39.3. The number of nitrogens with zero attached hydrogens (tertiary/aromatic N) is 1. The topological polar surface area (TPSA) is 29.5 Å². The highest BCUT2D eigenvalue weighted by Crippen LogP contribution is 2.18. The molecule has 3 nitrogen and oxygen atoms in total. The number of carbonyl (C=O) groups excluding carboxylic acids is 1. The summed E-state index contributed by atoms with van der Waals surface area (Å²) >= 11 is 0. The number of carbonyl (C=O) groups is 1. The minimum absolute atomic E-state index is 0.838. The van der Waals surface area contributed by atoms with Crippen molar-refractivity contribution in [3.63, 3.8) is 0 Å². The van der Waals surface area contributed by atoms with Crippen molar-refractivity contribution in [3.8, 4) is 0 Å². The van der Waals surface area contributed by atoms with Crippen molar-refractivity contribution in [3.05, 3.63) is 35.5 Å². The van der Waals surface area contributed by atoms with Gasteiger partial charge in [0.1, 0.15) is 6.29 Å². The van der Waals surface area contributed by atoms with E-state index in [0.29, 0.717) is 0 Å². The van der Waals surface area contributed by atoms with Crippen LogP contribution in [-0.4, -0.2) is 45.0 Å². The van der Waals surface area contributed by atoms with Crippen molar-refractivity contribution in [2.24, 2.45) is 0 Å². The van der Waals surface area contributed by atoms with Crippen LogP contribution in [0.5, 0.6) is 0 Å². The zero-order valence-corrected chi connectivity index (χ0v) is 22.8. The maximum Gasteiger partial charge on any atom is 0.142 e. The molecule has 0 atom stereocenters. The number of ether oxygens (including phenoxy) is 1. The molecule has 0 bridgehead atoms. The number of hydrogen-bond donors (Lipinski definition) is 0. The Labute approximate surface area is 191 Å². The average Bonchev–Trinajstić information content (AvgIpc) is 3.23. The third kappa shape index (κ3) is 34.3. The van der Waals surface area contributed by atoms with E-state index in [1.165, 1.54) is 44.3 Å². The number of methoxy groups -OCH3 is 1. The van der Waals surface area contributed by atoms with Crippen LogP contribution < -0.4 is 0 Å². The predicted octanol–water partition coefficient (Wildman–Crippen LogP) is 8.27. The van der Waals surface area contributed by atoms with Gasteiger partial charge in [-0.2, -0.15) is 0 Å². The molecule has 182 valence electrons. The first-order chi connectivity index (χ1) is 14.6. The molecule has 0 N–H and O–H groups in total. The van der Waals surface area contributed by atoms with Gasteiger partial charge in [-0.1, -0.05) is 106 Å². The minimum Gasteiger partial charge on any atom is -0.388 e. The number of aldehydes is 1. The molecule has 1 heterocycles. The molecule has 3 heteroatoms. The summed E-state index contributed by atoms with van der Waals surface area (Å²) in [7, 11) is 3.25. The summed E-state index contributed by atoms with van der Waals surface area (Å²) in [4.78, 5) is 12.9. The maximum atomic E-state index is 10.4. The molecular weight excluding hydrogens is 370 g/mol. The molecule has 0 aromatic carbocycles. The standard InChI is InChI=1S/C16H25NO.C3H8.C2H6O.3C2H6/c1-3-5-10-17-11-9-16(14-17)13-15(7-4-2)8-6-12-18;2*1-3-2;3*1-2/h6-8,12-13H,3-5,9-11,14H2,1-2H3;3H2,1-2H3;1-2H3;3*1-2H3/b8-6+,15-7-,16-13-;;;;;. The Hall–Kier alpha value is -1.19. The Morgan fingerprint density at radius 1 is 1.00 bits per heavy atom. The Kier molecular flexibility index (Phi) is 55.1. The summed E-state index contributed by atoms with van der Waals surface area (Å²) in [5, 5.41) is 0. The molecule has 1 rings (SSSR count). The van der Waals surface area contributed by atoms with E-state index in [-0.39, 0.29) is 0 Å². The first-order valence-electron chi connectivity index (χ1n) is 12.3. The fraction of sp³-hybridized carbons (Fsp3) is 0.741. The van der Waals surface area contributed by atoms with E-state index in [1.807, 2.05) is 47.6 Å². The molecule has 0 spiro atoms. The van der Waals surface area contributed by atoms with E-state index >= 15 is 0 Å². The lowest BCUT2D eigenvalue weighted by Crippen LogP contribution is -2.20. The molecule has 0 aromatic heterocycles. The van der Waals surface area contributed by atoms with Crippen LogP contribution in [0.2, 0.25) is 0 Å². The van der Waals surface area contributed by atoms with Crippen molar-refractivity contribution in [1.82, 2.24) is 4.90 Å². The fourth-order valence-corrected chi connectivity index (χ4v) is 2.23. The Balaban J connectivity index is -0.000000146. The molecule has 0 amide bonds. The molecule has 1 aliphatic rings. The molecular formula is C27H57NO2. The van der Waals surface area contributed by atoms with Gasteiger partial charge in [-0.25, -0.2) is 0 Å². The van der Waals surface area contributed by atoms with Crippen LogP contribution in [0.3, 0.4) is 0 Å². The quantitative estimate of drug-likeness (QED) is 0.232. The van der Waals surface area contributed by atoms with Gasteiger partial charge in [0.05, 0.1) is 0 Å². The average molecular weight is 428 g/mol. The van der Waals surface area contributed by atoms with E-state index in [9.17, 15) is 4.79 Å². The molecule has 1 fully saturated rings. The Morgan fingerprint density at radius 2 is 1.50 bits per heavy atom. The maximum absolute atomic E-state index is 10.4. The number of unbranched alkanes of at least 4 members (excludes halogenated alkanes) is 1. The Morgan fingerprint density at radius 3 is 1.90 bits per heavy atom. The number of rotatable bonds is 7. The molecule has 0 radical (unpaired) electrons. The summed E-state index contributed by atoms with van der Waals surface area (Å²) < 4.78 is 4.25. The zero-order valence-electron chi connectivity index (χ0n) is 22.8. The van der Waals surface area contributed by atoms with Gasteiger partial charge in [-0.05, 0) is 37.5 Å². The van der Waals surface area contributed by atoms with E-state index in [2.05, 4.69) is 49.5 Å². The smallest absolute Gasteiger partial charge is 0.142 e. The fourth-order valence-electron chi connectivity index (χ4n) is 2.23. The summed E-state index contributed by atoms with van der Waals surface area (Å²) in [6, 6.07) is 0. The monoisotopic (exact) mass is 427 g/mol. The van der Waals surface area contributed by atoms with Crippen LogP contribution in [0.1, 0.15) is 101 Å². The lowest BCUT2D eigenvalue weighted by Gasteiger charge is -2.12. The van der Waals surface area contributed by atoms with Crippen LogP contribution in [0.25, 0.3) is 0 Å². The number of allylic oxidation sites excluding steroid dienone is 5. The van der Waals surface area contributed by atoms with E-state index < -0.39 is 0 Å². The first-order valence-corrected chi connectivity index (χ1v) is 12.3. The van der Waals surface area contributed by atoms with Crippen molar-refractivity contribution in [2.75, 3.05) is 33.9 Å². The van der Waals surface area contributed by atoms with Crippen molar-refractivity contribution >= 4 is 6.29 Å². The largest absolute Gasteiger partial charge is 0.388 e. The third-order valence-electron chi connectivity index (χ3n) is 3.18. The number of likely N-dealkylation sites (tertiary alicyclic amines) is 1. The summed E-state index contributed by atoms with van der Waals surface area (Å²) in [6.07, 6.45) is 14.7. The zero-order chi connectivity index (χ0) is 24.6. The van der Waals surface area contributed by atoms with Gasteiger partial charge >= 0.3 is 0 Å². The van der Waals surface area contributed by atoms with E-state index in [1.54, 1.807) is 20.3 Å². The highest BCUT2D eigenvalue weighted by Gasteiger charge is 2.15. The second-order valence-corrected chi connectivity index (χ2v) is 5.91. The van der Waals surface area contributed by atoms with Crippen LogP contribution in [0.15, 0.2) is 35.5 Å². The SMILES string of the molecule is CC.CC.CC.CC/C=C(\C=C1\CCN(CCCC)C1)/C=C/C=O.CCC.COC. The molecule has 0 saturated carbocycles. The van der Waals surface area contributed by atoms with Crippen molar-refractivity contribution in [2.45, 2.75) is 101 Å². The second kappa shape index (κ2) is 42.0. The minimum atomic E-state index is 0.838. The lowest BCUT2D eigenvalue weighted by molar-refractivity contribution is -0.104. The molecule has 1 saturated heterocycles. The second-order valence-electron chi connectivity index (χ2n) is 5.91. The summed E-state index contributed by atoms with van der Waals surface area (Å²) in [6.45, 7) is 24.1. The Bertz CT molecular complexity index is 369. The predicted molar refractivity (Wildman–Crippen MR) is 141 cm³/mol. The lowest BCUT2D eigenvalue weighted by atomic mass is 10.1. The van der Waals surface area contributed by atoms with Gasteiger partial charge in [0.25, 0.3) is 0 Å². The van der Waals surface area contributed by atoms with Crippen LogP contribution in [0.4, 0.5) is 0 Å². The van der Waals surface area contributed by atoms with Gasteiger partial charge in [-0.3, -0.25) is 9.69 Å². The normalized spacial score (nSPS) is 13.9. The molecule has 0 aromatic rings. The van der Waals surface area contributed by atoms with Crippen molar-refractivity contribution in [1.29, 1.82) is 0 Å².